The minimum Gasteiger partial charge on any atom is -0.423 e. The summed E-state index contributed by atoms with van der Waals surface area (Å²) in [6.45, 7) is 1.69. The lowest BCUT2D eigenvalue weighted by atomic mass is 9.66. The lowest BCUT2D eigenvalue weighted by Gasteiger charge is -2.50. The SMILES string of the molecule is CNc1cc(F)cc2c1Cc1nc(Oc3cncc(-c4nncn4C)c3)nc(N3CCC4C[C@@H](N)C4C3)c1-2. The Morgan fingerprint density at radius 3 is 2.87 bits per heavy atom. The van der Waals surface area contributed by atoms with E-state index in [-0.39, 0.29) is 17.9 Å². The van der Waals surface area contributed by atoms with Gasteiger partial charge in [0.05, 0.1) is 11.9 Å². The van der Waals surface area contributed by atoms with Gasteiger partial charge < -0.3 is 25.3 Å². The molecular formula is C27H28FN9O. The van der Waals surface area contributed by atoms with Crippen LogP contribution in [0.5, 0.6) is 11.8 Å². The summed E-state index contributed by atoms with van der Waals surface area (Å²) in [5, 5.41) is 11.2. The molecular weight excluding hydrogens is 485 g/mol. The second-order valence-electron chi connectivity index (χ2n) is 10.4. The number of anilines is 2. The van der Waals surface area contributed by atoms with E-state index in [1.54, 1.807) is 31.8 Å². The van der Waals surface area contributed by atoms with Crippen LogP contribution in [0, 0.1) is 17.7 Å². The number of rotatable bonds is 5. The Hall–Kier alpha value is -4.12. The van der Waals surface area contributed by atoms with Crippen molar-refractivity contribution >= 4 is 11.5 Å². The Balaban J connectivity index is 1.30. The number of aromatic nitrogens is 6. The van der Waals surface area contributed by atoms with Crippen molar-refractivity contribution < 1.29 is 9.13 Å². The van der Waals surface area contributed by atoms with Gasteiger partial charge in [-0.2, -0.15) is 9.97 Å². The van der Waals surface area contributed by atoms with Crippen LogP contribution < -0.4 is 20.7 Å². The molecule has 1 saturated heterocycles. The monoisotopic (exact) mass is 513 g/mol. The number of hydrogen-bond donors (Lipinski definition) is 2. The van der Waals surface area contributed by atoms with Crippen LogP contribution in [0.2, 0.25) is 0 Å². The van der Waals surface area contributed by atoms with Gasteiger partial charge in [-0.1, -0.05) is 0 Å². The molecule has 4 aromatic rings. The summed E-state index contributed by atoms with van der Waals surface area (Å²) in [5.41, 5.74) is 11.4. The topological polar surface area (TPSA) is 120 Å². The molecule has 2 unspecified atom stereocenters. The molecule has 11 heteroatoms. The van der Waals surface area contributed by atoms with Crippen LogP contribution in [0.3, 0.4) is 0 Å². The zero-order valence-electron chi connectivity index (χ0n) is 21.2. The van der Waals surface area contributed by atoms with Crippen molar-refractivity contribution in [3.05, 3.63) is 54.0 Å². The van der Waals surface area contributed by atoms with Crippen LogP contribution in [0.1, 0.15) is 24.1 Å². The number of piperidine rings is 1. The van der Waals surface area contributed by atoms with Gasteiger partial charge in [-0.15, -0.1) is 10.2 Å². The van der Waals surface area contributed by atoms with Gasteiger partial charge in [-0.3, -0.25) is 4.98 Å². The largest absolute Gasteiger partial charge is 0.423 e. The predicted molar refractivity (Wildman–Crippen MR) is 140 cm³/mol. The van der Waals surface area contributed by atoms with Crippen LogP contribution in [-0.2, 0) is 13.5 Å². The number of benzene rings is 1. The van der Waals surface area contributed by atoms with Crippen molar-refractivity contribution in [3.8, 4) is 34.3 Å². The molecule has 0 bridgehead atoms. The summed E-state index contributed by atoms with van der Waals surface area (Å²) in [6, 6.07) is 5.40. The molecule has 2 fully saturated rings. The molecule has 1 aliphatic heterocycles. The first-order valence-electron chi connectivity index (χ1n) is 12.9. The molecule has 3 atom stereocenters. The van der Waals surface area contributed by atoms with Crippen molar-refractivity contribution in [1.29, 1.82) is 0 Å². The van der Waals surface area contributed by atoms with Crippen LogP contribution in [-0.4, -0.2) is 55.9 Å². The molecule has 10 nitrogen and oxygen atoms in total. The number of halogens is 1. The highest BCUT2D eigenvalue weighted by Crippen LogP contribution is 2.48. The van der Waals surface area contributed by atoms with Gasteiger partial charge in [0.1, 0.15) is 23.7 Å². The normalized spacial score (nSPS) is 21.4. The molecule has 3 aromatic heterocycles. The summed E-state index contributed by atoms with van der Waals surface area (Å²) in [7, 11) is 3.68. The number of nitrogens with one attached hydrogen (secondary N) is 1. The van der Waals surface area contributed by atoms with Crippen molar-refractivity contribution in [2.45, 2.75) is 25.3 Å². The van der Waals surface area contributed by atoms with Crippen molar-refractivity contribution in [2.24, 2.45) is 24.6 Å². The fourth-order valence-electron chi connectivity index (χ4n) is 6.17. The number of nitrogens with two attached hydrogens (primary N) is 1. The minimum atomic E-state index is -0.293. The molecule has 3 aliphatic rings. The van der Waals surface area contributed by atoms with Gasteiger partial charge in [0, 0.05) is 62.7 Å². The number of nitrogens with zero attached hydrogens (tertiary/aromatic N) is 7. The highest BCUT2D eigenvalue weighted by atomic mass is 19.1. The first-order valence-corrected chi connectivity index (χ1v) is 12.9. The lowest BCUT2D eigenvalue weighted by Crippen LogP contribution is -2.57. The number of aryl methyl sites for hydroxylation is 1. The molecule has 0 radical (unpaired) electrons. The number of ether oxygens (including phenoxy) is 1. The van der Waals surface area contributed by atoms with E-state index < -0.39 is 0 Å². The third-order valence-corrected chi connectivity index (χ3v) is 8.16. The van der Waals surface area contributed by atoms with Crippen LogP contribution in [0.15, 0.2) is 36.9 Å². The van der Waals surface area contributed by atoms with Crippen LogP contribution in [0.25, 0.3) is 22.5 Å². The number of hydrogen-bond acceptors (Lipinski definition) is 9. The molecule has 3 N–H and O–H groups in total. The zero-order chi connectivity index (χ0) is 26.0. The van der Waals surface area contributed by atoms with Gasteiger partial charge in [-0.05, 0) is 54.0 Å². The molecule has 1 aromatic carbocycles. The van der Waals surface area contributed by atoms with E-state index in [0.29, 0.717) is 29.8 Å². The molecule has 4 heterocycles. The fraction of sp³-hybridized carbons (Fsp3) is 0.370. The van der Waals surface area contributed by atoms with Crippen molar-refractivity contribution in [2.75, 3.05) is 30.4 Å². The van der Waals surface area contributed by atoms with Gasteiger partial charge in [0.25, 0.3) is 0 Å². The highest BCUT2D eigenvalue weighted by molar-refractivity contribution is 5.88. The average Bonchev–Trinajstić information content (AvgIpc) is 3.50. The second-order valence-corrected chi connectivity index (χ2v) is 10.4. The molecule has 38 heavy (non-hydrogen) atoms. The van der Waals surface area contributed by atoms with E-state index in [0.717, 1.165) is 65.4 Å². The van der Waals surface area contributed by atoms with Crippen molar-refractivity contribution in [1.82, 2.24) is 29.7 Å². The third kappa shape index (κ3) is 3.68. The van der Waals surface area contributed by atoms with E-state index in [1.165, 1.54) is 6.07 Å². The Morgan fingerprint density at radius 2 is 2.08 bits per heavy atom. The Bertz CT molecular complexity index is 1550. The second kappa shape index (κ2) is 8.73. The Kier molecular flexibility index (Phi) is 5.29. The minimum absolute atomic E-state index is 0.212. The molecule has 0 spiro atoms. The van der Waals surface area contributed by atoms with E-state index in [2.05, 4.69) is 25.4 Å². The lowest BCUT2D eigenvalue weighted by molar-refractivity contribution is 0.110. The van der Waals surface area contributed by atoms with E-state index in [4.69, 9.17) is 20.4 Å². The van der Waals surface area contributed by atoms with Crippen molar-refractivity contribution in [3.63, 3.8) is 0 Å². The standard InChI is InChI=1S/C27H28FN9O/c1-30-22-8-16(28)7-19-18(22)9-23-24(19)26(37-4-3-14-6-21(29)20(14)12-37)34-27(33-23)38-17-5-15(10-31-11-17)25-35-32-13-36(25)2/h5,7-8,10-11,13-14,20-21,30H,3-4,6,9,12,29H2,1-2H3/t14?,20?,21-/m1/s1. The number of pyridine rings is 1. The maximum atomic E-state index is 14.6. The van der Waals surface area contributed by atoms with E-state index >= 15 is 0 Å². The Labute approximate surface area is 219 Å². The Morgan fingerprint density at radius 1 is 1.18 bits per heavy atom. The van der Waals surface area contributed by atoms with Gasteiger partial charge in [0.15, 0.2) is 5.82 Å². The average molecular weight is 514 g/mol. The van der Waals surface area contributed by atoms with Gasteiger partial charge >= 0.3 is 6.01 Å². The first kappa shape index (κ1) is 23.0. The van der Waals surface area contributed by atoms with Crippen LogP contribution >= 0.6 is 0 Å². The third-order valence-electron chi connectivity index (χ3n) is 8.16. The summed E-state index contributed by atoms with van der Waals surface area (Å²) >= 11 is 0. The first-order chi connectivity index (χ1) is 18.5. The maximum absolute atomic E-state index is 14.6. The zero-order valence-corrected chi connectivity index (χ0v) is 21.2. The summed E-state index contributed by atoms with van der Waals surface area (Å²) in [6.07, 6.45) is 7.68. The maximum Gasteiger partial charge on any atom is 0.324 e. The molecule has 0 amide bonds. The smallest absolute Gasteiger partial charge is 0.324 e. The quantitative estimate of drug-likeness (QED) is 0.364. The van der Waals surface area contributed by atoms with E-state index in [9.17, 15) is 4.39 Å². The van der Waals surface area contributed by atoms with E-state index in [1.807, 2.05) is 17.7 Å². The summed E-state index contributed by atoms with van der Waals surface area (Å²) in [4.78, 5) is 16.3. The summed E-state index contributed by atoms with van der Waals surface area (Å²) < 4.78 is 22.7. The van der Waals surface area contributed by atoms with Gasteiger partial charge in [0.2, 0.25) is 0 Å². The predicted octanol–water partition coefficient (Wildman–Crippen LogP) is 3.38. The summed E-state index contributed by atoms with van der Waals surface area (Å²) in [5.74, 6) is 2.75. The van der Waals surface area contributed by atoms with Gasteiger partial charge in [-0.25, -0.2) is 4.39 Å². The molecule has 7 rings (SSSR count). The molecule has 1 saturated carbocycles. The molecule has 2 aliphatic carbocycles. The fourth-order valence-corrected chi connectivity index (χ4v) is 6.17. The highest BCUT2D eigenvalue weighted by Gasteiger charge is 2.43. The number of fused-ring (bicyclic) bond motifs is 4. The molecule has 194 valence electrons. The van der Waals surface area contributed by atoms with Crippen LogP contribution in [0.4, 0.5) is 15.9 Å².